The largest absolute Gasteiger partial charge is 0.295 e. The van der Waals surface area contributed by atoms with Crippen LogP contribution in [0.5, 0.6) is 0 Å². The molecular formula is C21H20IN3O2S. The predicted octanol–water partition coefficient (Wildman–Crippen LogP) is 4.20. The number of halogens is 1. The van der Waals surface area contributed by atoms with Crippen molar-refractivity contribution in [3.8, 4) is 5.69 Å². The highest BCUT2D eigenvalue weighted by molar-refractivity contribution is 14.1. The summed E-state index contributed by atoms with van der Waals surface area (Å²) in [5.74, 6) is 0.344. The van der Waals surface area contributed by atoms with Crippen LogP contribution in [-0.4, -0.2) is 21.0 Å². The van der Waals surface area contributed by atoms with E-state index in [-0.39, 0.29) is 16.8 Å². The molecule has 4 rings (SSSR count). The Morgan fingerprint density at radius 3 is 2.39 bits per heavy atom. The first-order chi connectivity index (χ1) is 13.5. The minimum Gasteiger partial charge on any atom is -0.288 e. The zero-order chi connectivity index (χ0) is 19.8. The highest BCUT2D eigenvalue weighted by Gasteiger charge is 2.38. The summed E-state index contributed by atoms with van der Waals surface area (Å²) in [5.41, 5.74) is 4.14. The van der Waals surface area contributed by atoms with E-state index >= 15 is 0 Å². The average molecular weight is 505 g/mol. The topological polar surface area (TPSA) is 47.2 Å². The van der Waals surface area contributed by atoms with Gasteiger partial charge >= 0.3 is 0 Å². The highest BCUT2D eigenvalue weighted by Crippen LogP contribution is 2.42. The van der Waals surface area contributed by atoms with Crippen LogP contribution in [0.1, 0.15) is 22.2 Å². The molecule has 28 heavy (non-hydrogen) atoms. The number of benzene rings is 2. The van der Waals surface area contributed by atoms with Crippen LogP contribution < -0.4 is 10.5 Å². The fraction of sp³-hybridized carbons (Fsp3) is 0.238. The van der Waals surface area contributed by atoms with Crippen LogP contribution >= 0.6 is 34.4 Å². The summed E-state index contributed by atoms with van der Waals surface area (Å²) >= 11 is 3.90. The Morgan fingerprint density at radius 2 is 1.75 bits per heavy atom. The molecule has 1 saturated heterocycles. The van der Waals surface area contributed by atoms with Crippen LogP contribution in [0.2, 0.25) is 0 Å². The van der Waals surface area contributed by atoms with Gasteiger partial charge in [-0.2, -0.15) is 0 Å². The van der Waals surface area contributed by atoms with Crippen LogP contribution in [0.4, 0.5) is 5.69 Å². The molecule has 0 spiro atoms. The average Bonchev–Trinajstić information content (AvgIpc) is 3.19. The molecule has 0 saturated carbocycles. The number of anilines is 1. The van der Waals surface area contributed by atoms with E-state index in [0.29, 0.717) is 11.4 Å². The summed E-state index contributed by atoms with van der Waals surface area (Å²) in [6.07, 6.45) is 0. The van der Waals surface area contributed by atoms with Gasteiger partial charge in [0.1, 0.15) is 11.1 Å². The highest BCUT2D eigenvalue weighted by atomic mass is 127. The van der Waals surface area contributed by atoms with E-state index in [9.17, 15) is 9.59 Å². The lowest BCUT2D eigenvalue weighted by molar-refractivity contribution is -0.115. The molecule has 1 atom stereocenters. The van der Waals surface area contributed by atoms with Gasteiger partial charge in [0.15, 0.2) is 0 Å². The number of aromatic nitrogens is 2. The monoisotopic (exact) mass is 505 g/mol. The van der Waals surface area contributed by atoms with Gasteiger partial charge in [0.25, 0.3) is 5.56 Å². The van der Waals surface area contributed by atoms with E-state index in [1.54, 1.807) is 21.3 Å². The molecule has 0 N–H and O–H groups in total. The van der Waals surface area contributed by atoms with Crippen LogP contribution in [0.15, 0.2) is 59.4 Å². The Morgan fingerprint density at radius 1 is 1.07 bits per heavy atom. The molecule has 1 aliphatic heterocycles. The van der Waals surface area contributed by atoms with Crippen molar-refractivity contribution < 1.29 is 4.79 Å². The second-order valence-corrected chi connectivity index (χ2v) is 8.54. The summed E-state index contributed by atoms with van der Waals surface area (Å²) in [4.78, 5) is 27.8. The van der Waals surface area contributed by atoms with Crippen LogP contribution in [0, 0.1) is 6.92 Å². The Hall–Kier alpha value is -2.00. The fourth-order valence-corrected chi connectivity index (χ4v) is 5.18. The summed E-state index contributed by atoms with van der Waals surface area (Å²) in [6, 6.07) is 17.8. The second-order valence-electron chi connectivity index (χ2n) is 6.71. The van der Waals surface area contributed by atoms with Crippen molar-refractivity contribution in [1.29, 1.82) is 0 Å². The van der Waals surface area contributed by atoms with E-state index in [1.165, 1.54) is 5.56 Å². The first-order valence-electron chi connectivity index (χ1n) is 8.95. The number of carbonyl (C=O) groups is 1. The number of rotatable bonds is 4. The van der Waals surface area contributed by atoms with Gasteiger partial charge in [-0.15, -0.1) is 11.8 Å². The molecule has 1 unspecified atom stereocenters. The summed E-state index contributed by atoms with van der Waals surface area (Å²) in [5, 5.41) is -0.186. The molecule has 144 valence electrons. The van der Waals surface area contributed by atoms with Crippen LogP contribution in [-0.2, 0) is 16.3 Å². The first kappa shape index (κ1) is 19.3. The number of para-hydroxylation sites is 1. The maximum atomic E-state index is 13.4. The van der Waals surface area contributed by atoms with Gasteiger partial charge < -0.3 is 0 Å². The SMILES string of the molecule is Cc1c(N2C(=O)CSC2c2ccc(CI)cc2)c(=O)n(-c2ccccc2)n1C. The zero-order valence-corrected chi connectivity index (χ0v) is 18.6. The second kappa shape index (κ2) is 7.79. The molecule has 0 aliphatic carbocycles. The van der Waals surface area contributed by atoms with Gasteiger partial charge in [-0.25, -0.2) is 4.68 Å². The Balaban J connectivity index is 1.82. The molecule has 7 heteroatoms. The van der Waals surface area contributed by atoms with Crippen molar-refractivity contribution >= 4 is 45.9 Å². The Bertz CT molecular complexity index is 1070. The summed E-state index contributed by atoms with van der Waals surface area (Å²) < 4.78 is 4.38. The quantitative estimate of drug-likeness (QED) is 0.395. The molecule has 5 nitrogen and oxygen atoms in total. The van der Waals surface area contributed by atoms with Crippen molar-refractivity contribution in [1.82, 2.24) is 9.36 Å². The number of hydrogen-bond acceptors (Lipinski definition) is 3. The molecule has 2 heterocycles. The number of amides is 1. The maximum Gasteiger partial charge on any atom is 0.295 e. The number of nitrogens with zero attached hydrogens (tertiary/aromatic N) is 3. The van der Waals surface area contributed by atoms with Crippen molar-refractivity contribution in [2.45, 2.75) is 16.7 Å². The molecule has 1 aromatic heterocycles. The molecule has 2 aromatic carbocycles. The van der Waals surface area contributed by atoms with Gasteiger partial charge in [-0.05, 0) is 30.2 Å². The lowest BCUT2D eigenvalue weighted by Gasteiger charge is -2.23. The third-order valence-corrected chi connectivity index (χ3v) is 7.14. The molecular weight excluding hydrogens is 485 g/mol. The van der Waals surface area contributed by atoms with E-state index in [4.69, 9.17) is 0 Å². The molecule has 1 fully saturated rings. The smallest absolute Gasteiger partial charge is 0.288 e. The van der Waals surface area contributed by atoms with Crippen molar-refractivity contribution in [2.75, 3.05) is 10.7 Å². The maximum absolute atomic E-state index is 13.4. The number of thioether (sulfide) groups is 1. The number of alkyl halides is 1. The van der Waals surface area contributed by atoms with Crippen molar-refractivity contribution in [3.63, 3.8) is 0 Å². The van der Waals surface area contributed by atoms with E-state index < -0.39 is 0 Å². The summed E-state index contributed by atoms with van der Waals surface area (Å²) in [6.45, 7) is 1.89. The fourth-order valence-electron chi connectivity index (χ4n) is 3.52. The lowest BCUT2D eigenvalue weighted by atomic mass is 10.1. The molecule has 1 amide bonds. The minimum absolute atomic E-state index is 0.0287. The lowest BCUT2D eigenvalue weighted by Crippen LogP contribution is -2.33. The molecule has 0 radical (unpaired) electrons. The van der Waals surface area contributed by atoms with E-state index in [2.05, 4.69) is 46.9 Å². The number of carbonyl (C=O) groups excluding carboxylic acids is 1. The van der Waals surface area contributed by atoms with Crippen molar-refractivity contribution in [2.24, 2.45) is 7.05 Å². The van der Waals surface area contributed by atoms with E-state index in [0.717, 1.165) is 21.4 Å². The molecule has 1 aliphatic rings. The van der Waals surface area contributed by atoms with E-state index in [1.807, 2.05) is 49.0 Å². The third-order valence-electron chi connectivity index (χ3n) is 5.05. The minimum atomic E-state index is -0.186. The molecule has 0 bridgehead atoms. The number of hydrogen-bond donors (Lipinski definition) is 0. The van der Waals surface area contributed by atoms with Crippen molar-refractivity contribution in [3.05, 3.63) is 81.8 Å². The van der Waals surface area contributed by atoms with Crippen LogP contribution in [0.3, 0.4) is 0 Å². The first-order valence-corrected chi connectivity index (χ1v) is 11.5. The molecule has 3 aromatic rings. The van der Waals surface area contributed by atoms with Gasteiger partial charge in [-0.3, -0.25) is 19.2 Å². The van der Waals surface area contributed by atoms with Gasteiger partial charge in [0, 0.05) is 11.5 Å². The summed E-state index contributed by atoms with van der Waals surface area (Å²) in [7, 11) is 1.85. The third kappa shape index (κ3) is 3.20. The van der Waals surface area contributed by atoms with Gasteiger partial charge in [-0.1, -0.05) is 65.1 Å². The van der Waals surface area contributed by atoms with Gasteiger partial charge in [0.2, 0.25) is 5.91 Å². The van der Waals surface area contributed by atoms with Gasteiger partial charge in [0.05, 0.1) is 17.1 Å². The standard InChI is InChI=1S/C21H20IN3O2S/c1-14-19(20(27)25(23(14)2)17-6-4-3-5-7-17)24-18(26)13-28-21(24)16-10-8-15(12-22)9-11-16/h3-11,21H,12-13H2,1-2H3. The predicted molar refractivity (Wildman–Crippen MR) is 123 cm³/mol. The normalized spacial score (nSPS) is 16.8. The zero-order valence-electron chi connectivity index (χ0n) is 15.6. The Kier molecular flexibility index (Phi) is 5.37. The Labute approximate surface area is 181 Å². The van der Waals surface area contributed by atoms with Crippen LogP contribution in [0.25, 0.3) is 5.69 Å².